The Labute approximate surface area is 228 Å². The number of aromatic nitrogens is 1. The number of fused-ring (bicyclic) bond motifs is 5. The molecule has 1 heterocycles. The molecule has 0 radical (unpaired) electrons. The fourth-order valence-electron chi connectivity index (χ4n) is 6.68. The van der Waals surface area contributed by atoms with Crippen molar-refractivity contribution < 1.29 is 0 Å². The van der Waals surface area contributed by atoms with Crippen LogP contribution in [-0.4, -0.2) is 4.57 Å². The van der Waals surface area contributed by atoms with Crippen molar-refractivity contribution in [3.63, 3.8) is 0 Å². The van der Waals surface area contributed by atoms with Crippen molar-refractivity contribution in [2.24, 2.45) is 0 Å². The number of benzene rings is 6. The average molecular weight is 498 g/mol. The second-order valence-electron chi connectivity index (χ2n) is 10.5. The SMILES string of the molecule is c1ccc(C2c3ccccc3Cc3cccc(-c4ccc(-n5c6ccccc6c6ccccc65)cc4)c32)cc1. The minimum atomic E-state index is 0.222. The molecule has 1 aromatic heterocycles. The van der Waals surface area contributed by atoms with E-state index in [1.54, 1.807) is 0 Å². The standard InChI is InChI=1S/C38H27N/c1-2-11-27(12-3-1)37-32-15-5-4-13-28(32)25-29-14-10-18-31(38(29)37)26-21-23-30(24-22-26)39-35-19-8-6-16-33(35)34-17-7-9-20-36(34)39/h1-24,37H,25H2. The van der Waals surface area contributed by atoms with Gasteiger partial charge in [-0.05, 0) is 69.6 Å². The van der Waals surface area contributed by atoms with Crippen LogP contribution in [0.2, 0.25) is 0 Å². The third kappa shape index (κ3) is 3.47. The minimum absolute atomic E-state index is 0.222. The summed E-state index contributed by atoms with van der Waals surface area (Å²) in [6.45, 7) is 0. The zero-order chi connectivity index (χ0) is 25.8. The highest BCUT2D eigenvalue weighted by Gasteiger charge is 2.29. The fraction of sp³-hybridized carbons (Fsp3) is 0.0526. The Morgan fingerprint density at radius 2 is 1.10 bits per heavy atom. The van der Waals surface area contributed by atoms with E-state index in [4.69, 9.17) is 0 Å². The average Bonchev–Trinajstić information content (AvgIpc) is 3.34. The molecule has 0 spiro atoms. The molecule has 39 heavy (non-hydrogen) atoms. The van der Waals surface area contributed by atoms with Gasteiger partial charge in [0.1, 0.15) is 0 Å². The maximum Gasteiger partial charge on any atom is 0.0541 e. The van der Waals surface area contributed by atoms with Crippen molar-refractivity contribution in [2.45, 2.75) is 12.3 Å². The summed E-state index contributed by atoms with van der Waals surface area (Å²) in [5, 5.41) is 2.58. The summed E-state index contributed by atoms with van der Waals surface area (Å²) >= 11 is 0. The highest BCUT2D eigenvalue weighted by molar-refractivity contribution is 6.09. The molecule has 0 bridgehead atoms. The molecule has 1 heteroatoms. The molecule has 1 atom stereocenters. The molecule has 7 aromatic rings. The van der Waals surface area contributed by atoms with E-state index in [-0.39, 0.29) is 5.92 Å². The van der Waals surface area contributed by atoms with Gasteiger partial charge in [-0.2, -0.15) is 0 Å². The van der Waals surface area contributed by atoms with Crippen molar-refractivity contribution in [1.29, 1.82) is 0 Å². The summed E-state index contributed by atoms with van der Waals surface area (Å²) in [5.41, 5.74) is 13.3. The summed E-state index contributed by atoms with van der Waals surface area (Å²) < 4.78 is 2.39. The van der Waals surface area contributed by atoms with Gasteiger partial charge in [0.25, 0.3) is 0 Å². The molecule has 1 nitrogen and oxygen atoms in total. The smallest absolute Gasteiger partial charge is 0.0541 e. The molecular formula is C38H27N. The fourth-order valence-corrected chi connectivity index (χ4v) is 6.68. The number of hydrogen-bond donors (Lipinski definition) is 0. The number of rotatable bonds is 3. The topological polar surface area (TPSA) is 4.93 Å². The number of hydrogen-bond acceptors (Lipinski definition) is 0. The van der Waals surface area contributed by atoms with Gasteiger partial charge in [0.05, 0.1) is 11.0 Å². The molecule has 6 aromatic carbocycles. The van der Waals surface area contributed by atoms with Gasteiger partial charge in [0.2, 0.25) is 0 Å². The predicted molar refractivity (Wildman–Crippen MR) is 163 cm³/mol. The Kier molecular flexibility index (Phi) is 5.03. The summed E-state index contributed by atoms with van der Waals surface area (Å²) in [7, 11) is 0. The Morgan fingerprint density at radius 1 is 0.487 bits per heavy atom. The molecule has 184 valence electrons. The van der Waals surface area contributed by atoms with E-state index in [2.05, 4.69) is 150 Å². The Bertz CT molecular complexity index is 1920. The molecular weight excluding hydrogens is 470 g/mol. The number of nitrogens with zero attached hydrogens (tertiary/aromatic N) is 1. The first kappa shape index (κ1) is 22.1. The molecule has 0 aliphatic heterocycles. The van der Waals surface area contributed by atoms with Gasteiger partial charge in [-0.1, -0.05) is 121 Å². The van der Waals surface area contributed by atoms with Crippen LogP contribution in [0.3, 0.4) is 0 Å². The van der Waals surface area contributed by atoms with Crippen LogP contribution in [-0.2, 0) is 6.42 Å². The molecule has 0 N–H and O–H groups in total. The second kappa shape index (κ2) is 8.85. The maximum atomic E-state index is 2.39. The van der Waals surface area contributed by atoms with Gasteiger partial charge < -0.3 is 4.57 Å². The highest BCUT2D eigenvalue weighted by Crippen LogP contribution is 2.45. The van der Waals surface area contributed by atoms with Crippen LogP contribution in [0.1, 0.15) is 33.7 Å². The lowest BCUT2D eigenvalue weighted by atomic mass is 9.72. The van der Waals surface area contributed by atoms with Crippen LogP contribution in [0.25, 0.3) is 38.6 Å². The molecule has 0 saturated heterocycles. The second-order valence-corrected chi connectivity index (χ2v) is 10.5. The molecule has 1 aliphatic rings. The molecule has 0 fully saturated rings. The van der Waals surface area contributed by atoms with E-state index >= 15 is 0 Å². The molecule has 0 saturated carbocycles. The first-order valence-corrected chi connectivity index (χ1v) is 13.7. The Balaban J connectivity index is 1.29. The molecule has 8 rings (SSSR count). The van der Waals surface area contributed by atoms with Gasteiger partial charge in [-0.25, -0.2) is 0 Å². The first-order chi connectivity index (χ1) is 19.4. The van der Waals surface area contributed by atoms with Gasteiger partial charge in [0.15, 0.2) is 0 Å². The summed E-state index contributed by atoms with van der Waals surface area (Å²) in [5.74, 6) is 0.222. The van der Waals surface area contributed by atoms with Crippen LogP contribution in [0, 0.1) is 0 Å². The van der Waals surface area contributed by atoms with Crippen molar-refractivity contribution in [3.8, 4) is 16.8 Å². The van der Waals surface area contributed by atoms with Gasteiger partial charge in [-0.3, -0.25) is 0 Å². The van der Waals surface area contributed by atoms with Gasteiger partial charge in [0, 0.05) is 22.4 Å². The van der Waals surface area contributed by atoms with Crippen LogP contribution in [0.4, 0.5) is 0 Å². The minimum Gasteiger partial charge on any atom is -0.309 e. The van der Waals surface area contributed by atoms with Crippen LogP contribution in [0.15, 0.2) is 146 Å². The van der Waals surface area contributed by atoms with Crippen LogP contribution >= 0.6 is 0 Å². The van der Waals surface area contributed by atoms with Crippen molar-refractivity contribution in [2.75, 3.05) is 0 Å². The van der Waals surface area contributed by atoms with E-state index in [9.17, 15) is 0 Å². The molecule has 1 unspecified atom stereocenters. The molecule has 1 aliphatic carbocycles. The van der Waals surface area contributed by atoms with Gasteiger partial charge >= 0.3 is 0 Å². The Morgan fingerprint density at radius 3 is 1.85 bits per heavy atom. The van der Waals surface area contributed by atoms with E-state index in [1.165, 1.54) is 66.4 Å². The zero-order valence-electron chi connectivity index (χ0n) is 21.6. The summed E-state index contributed by atoms with van der Waals surface area (Å²) in [6.07, 6.45) is 0.974. The van der Waals surface area contributed by atoms with Gasteiger partial charge in [-0.15, -0.1) is 0 Å². The van der Waals surface area contributed by atoms with Crippen LogP contribution in [0.5, 0.6) is 0 Å². The number of para-hydroxylation sites is 2. The highest BCUT2D eigenvalue weighted by atomic mass is 15.0. The van der Waals surface area contributed by atoms with Crippen molar-refractivity contribution >= 4 is 21.8 Å². The van der Waals surface area contributed by atoms with E-state index in [0.717, 1.165) is 6.42 Å². The molecule has 0 amide bonds. The van der Waals surface area contributed by atoms with E-state index in [0.29, 0.717) is 0 Å². The predicted octanol–water partition coefficient (Wildman–Crippen LogP) is 9.54. The zero-order valence-corrected chi connectivity index (χ0v) is 21.6. The third-order valence-electron chi connectivity index (χ3n) is 8.38. The first-order valence-electron chi connectivity index (χ1n) is 13.7. The Hall–Kier alpha value is -4.88. The van der Waals surface area contributed by atoms with Crippen molar-refractivity contribution in [1.82, 2.24) is 4.57 Å². The summed E-state index contributed by atoms with van der Waals surface area (Å²) in [6, 6.07) is 53.4. The lowest BCUT2D eigenvalue weighted by Gasteiger charge is -2.31. The van der Waals surface area contributed by atoms with Crippen molar-refractivity contribution in [3.05, 3.63) is 173 Å². The summed E-state index contributed by atoms with van der Waals surface area (Å²) in [4.78, 5) is 0. The maximum absolute atomic E-state index is 2.39. The normalized spacial score (nSPS) is 14.3. The quantitative estimate of drug-likeness (QED) is 0.229. The monoisotopic (exact) mass is 497 g/mol. The lowest BCUT2D eigenvalue weighted by Crippen LogP contribution is -2.16. The van der Waals surface area contributed by atoms with E-state index < -0.39 is 0 Å². The van der Waals surface area contributed by atoms with Crippen LogP contribution < -0.4 is 0 Å². The lowest BCUT2D eigenvalue weighted by molar-refractivity contribution is 0.888. The van der Waals surface area contributed by atoms with E-state index in [1.807, 2.05) is 0 Å². The largest absolute Gasteiger partial charge is 0.309 e. The third-order valence-corrected chi connectivity index (χ3v) is 8.38.